The van der Waals surface area contributed by atoms with Gasteiger partial charge < -0.3 is 0 Å². The summed E-state index contributed by atoms with van der Waals surface area (Å²) in [5, 5.41) is 12.4. The number of fused-ring (bicyclic) bond motifs is 2. The predicted molar refractivity (Wildman–Crippen MR) is 120 cm³/mol. The zero-order valence-electron chi connectivity index (χ0n) is 18.3. The first kappa shape index (κ1) is 22.9. The summed E-state index contributed by atoms with van der Waals surface area (Å²) in [5.74, 6) is 0.961. The van der Waals surface area contributed by atoms with E-state index >= 15 is 0 Å². The van der Waals surface area contributed by atoms with Gasteiger partial charge in [0.2, 0.25) is 0 Å². The average Bonchev–Trinajstić information content (AvgIpc) is 2.96. The summed E-state index contributed by atoms with van der Waals surface area (Å²) in [6, 6.07) is 6.94. The maximum absolute atomic E-state index is 13.0. The summed E-state index contributed by atoms with van der Waals surface area (Å²) in [7, 11) is -3.68. The first-order valence-electron chi connectivity index (χ1n) is 10.5. The normalized spacial score (nSPS) is 29.9. The summed E-state index contributed by atoms with van der Waals surface area (Å²) >= 11 is -1.87. The molecule has 6 heteroatoms. The number of benzene rings is 1. The van der Waals surface area contributed by atoms with Crippen molar-refractivity contribution in [2.45, 2.75) is 75.5 Å². The second-order valence-corrected chi connectivity index (χ2v) is 15.4. The van der Waals surface area contributed by atoms with Crippen LogP contribution in [0.15, 0.2) is 44.7 Å². The van der Waals surface area contributed by atoms with Gasteiger partial charge in [-0.15, -0.1) is 0 Å². The quantitative estimate of drug-likeness (QED) is 0.420. The van der Waals surface area contributed by atoms with Crippen LogP contribution in [0.5, 0.6) is 0 Å². The molecule has 0 aromatic heterocycles. The Hall–Kier alpha value is -0.811. The fraction of sp³-hybridized carbons (Fsp3) is 0.652. The van der Waals surface area contributed by atoms with Crippen LogP contribution in [-0.2, 0) is 10.0 Å². The minimum atomic E-state index is -3.68. The van der Waals surface area contributed by atoms with E-state index < -0.39 is 23.7 Å². The summed E-state index contributed by atoms with van der Waals surface area (Å²) in [5.41, 5.74) is 0.877. The molecule has 2 aliphatic carbocycles. The van der Waals surface area contributed by atoms with Gasteiger partial charge in [0.25, 0.3) is 0 Å². The topological polar surface area (TPSA) is 66.7 Å². The Kier molecular flexibility index (Phi) is 6.60. The molecule has 2 bridgehead atoms. The van der Waals surface area contributed by atoms with Crippen LogP contribution in [0.25, 0.3) is 0 Å². The second kappa shape index (κ2) is 8.37. The van der Waals surface area contributed by atoms with Crippen LogP contribution < -0.4 is 0 Å². The molecule has 4 nitrogen and oxygen atoms in total. The van der Waals surface area contributed by atoms with Crippen molar-refractivity contribution in [1.82, 2.24) is 0 Å². The van der Waals surface area contributed by atoms with Crippen molar-refractivity contribution in [3.63, 3.8) is 0 Å². The number of allylic oxidation sites excluding steroid dienone is 2. The number of rotatable bonds is 7. The Bertz CT molecular complexity index is 903. The molecule has 3 rings (SSSR count). The van der Waals surface area contributed by atoms with Crippen molar-refractivity contribution >= 4 is 23.7 Å². The molecule has 162 valence electrons. The zero-order chi connectivity index (χ0) is 21.4. The Morgan fingerprint density at radius 3 is 2.45 bits per heavy atom. The van der Waals surface area contributed by atoms with Crippen LogP contribution >= 0.6 is 0 Å². The summed E-state index contributed by atoms with van der Waals surface area (Å²) in [4.78, 5) is 0.276. The van der Waals surface area contributed by atoms with E-state index in [4.69, 9.17) is 0 Å². The van der Waals surface area contributed by atoms with Gasteiger partial charge in [0.15, 0.2) is 0 Å². The van der Waals surface area contributed by atoms with Crippen molar-refractivity contribution < 1.29 is 13.5 Å². The van der Waals surface area contributed by atoms with E-state index in [0.717, 1.165) is 30.1 Å². The summed E-state index contributed by atoms with van der Waals surface area (Å²) in [6.45, 7) is 10.7. The second-order valence-electron chi connectivity index (χ2n) is 9.67. The number of aryl methyl sites for hydroxylation is 1. The summed E-state index contributed by atoms with van der Waals surface area (Å²) in [6.07, 6.45) is 6.87. The molecule has 29 heavy (non-hydrogen) atoms. The molecule has 1 aromatic carbocycles. The fourth-order valence-electron chi connectivity index (χ4n) is 5.12. The van der Waals surface area contributed by atoms with Crippen molar-refractivity contribution in [2.24, 2.45) is 26.0 Å². The van der Waals surface area contributed by atoms with Gasteiger partial charge in [-0.1, -0.05) is 0 Å². The molecule has 2 aliphatic rings. The van der Waals surface area contributed by atoms with Gasteiger partial charge in [0.1, 0.15) is 0 Å². The Morgan fingerprint density at radius 1 is 1.28 bits per heavy atom. The molecule has 2 fully saturated rings. The van der Waals surface area contributed by atoms with E-state index in [1.54, 1.807) is 12.1 Å². The number of sulfonamides is 1. The van der Waals surface area contributed by atoms with E-state index in [9.17, 15) is 13.5 Å². The van der Waals surface area contributed by atoms with Gasteiger partial charge >= 0.3 is 181 Å². The molecule has 1 N–H and O–H groups in total. The number of hydrogen-bond acceptors (Lipinski definition) is 3. The van der Waals surface area contributed by atoms with Gasteiger partial charge in [-0.2, -0.15) is 0 Å². The van der Waals surface area contributed by atoms with Gasteiger partial charge in [-0.25, -0.2) is 0 Å². The Morgan fingerprint density at radius 2 is 1.93 bits per heavy atom. The van der Waals surface area contributed by atoms with Gasteiger partial charge in [-0.05, 0) is 0 Å². The maximum atomic E-state index is 13.0. The molecule has 2 saturated carbocycles. The van der Waals surface area contributed by atoms with Gasteiger partial charge in [0.05, 0.1) is 0 Å². The molecule has 0 spiro atoms. The van der Waals surface area contributed by atoms with Crippen LogP contribution in [0, 0.1) is 29.6 Å². The average molecular weight is 485 g/mol. The van der Waals surface area contributed by atoms with Crippen molar-refractivity contribution in [1.29, 1.82) is 0 Å². The van der Waals surface area contributed by atoms with Crippen molar-refractivity contribution in [2.75, 3.05) is 0 Å². The van der Waals surface area contributed by atoms with E-state index in [1.807, 2.05) is 19.1 Å². The van der Waals surface area contributed by atoms with E-state index in [2.05, 4.69) is 43.2 Å². The third-order valence-electron chi connectivity index (χ3n) is 7.14. The molecular formula is C23H35NO3SSe. The number of hydrogen-bond donors (Lipinski definition) is 1. The van der Waals surface area contributed by atoms with Crippen LogP contribution in [0.3, 0.4) is 0 Å². The van der Waals surface area contributed by atoms with E-state index in [1.165, 1.54) is 0 Å². The minimum absolute atomic E-state index is 0.0407. The molecule has 1 aromatic rings. The summed E-state index contributed by atoms with van der Waals surface area (Å²) < 4.78 is 30.6. The molecule has 0 radical (unpaired) electrons. The van der Waals surface area contributed by atoms with Crippen LogP contribution in [0.1, 0.15) is 52.5 Å². The van der Waals surface area contributed by atoms with E-state index in [-0.39, 0.29) is 21.8 Å². The Labute approximate surface area is 180 Å². The monoisotopic (exact) mass is 485 g/mol. The molecule has 4 unspecified atom stereocenters. The third-order valence-corrected chi connectivity index (χ3v) is 14.0. The third kappa shape index (κ3) is 4.46. The first-order chi connectivity index (χ1) is 13.5. The molecular weight excluding hydrogens is 449 g/mol. The first-order valence-corrected chi connectivity index (χ1v) is 15.2. The van der Waals surface area contributed by atoms with Crippen molar-refractivity contribution in [3.8, 4) is 0 Å². The molecule has 0 heterocycles. The fourth-order valence-corrected chi connectivity index (χ4v) is 12.8. The van der Waals surface area contributed by atoms with Crippen LogP contribution in [0.4, 0.5) is 0 Å². The van der Waals surface area contributed by atoms with Crippen LogP contribution in [0.2, 0.25) is 10.6 Å². The Balaban J connectivity index is 1.97. The van der Waals surface area contributed by atoms with Crippen LogP contribution in [-0.4, -0.2) is 33.3 Å². The van der Waals surface area contributed by atoms with Crippen molar-refractivity contribution in [3.05, 3.63) is 42.0 Å². The molecule has 4 atom stereocenters. The molecule has 0 saturated heterocycles. The van der Waals surface area contributed by atoms with Gasteiger partial charge in [0, 0.05) is 0 Å². The SMILES string of the molecule is Cc1ccc(S(=O)(=O)/N=[Se](\C/C=C/C(C)C)CC23CCC(CC2O)C3(C)C)cc1. The van der Waals surface area contributed by atoms with E-state index in [0.29, 0.717) is 17.2 Å². The zero-order valence-corrected chi connectivity index (χ0v) is 20.8. The molecule has 0 aliphatic heterocycles. The number of aliphatic hydroxyl groups excluding tert-OH is 1. The van der Waals surface area contributed by atoms with Gasteiger partial charge in [-0.3, -0.25) is 0 Å². The number of nitrogens with zero attached hydrogens (tertiary/aromatic N) is 1. The standard InChI is InChI=1S/C23H35NO3SSe/c1-17(2)7-6-14-29(24-28(26,27)20-10-8-18(3)9-11-20)16-23-13-12-19(15-21(23)25)22(23,4)5/h6-11,17,19,21,25H,12-16H2,1-5H3/b7-6+. The number of aliphatic hydroxyl groups is 1. The molecule has 0 amide bonds. The predicted octanol–water partition coefficient (Wildman–Crippen LogP) is 5.34.